The van der Waals surface area contributed by atoms with Crippen LogP contribution in [0, 0.1) is 5.82 Å². The van der Waals surface area contributed by atoms with Gasteiger partial charge in [0, 0.05) is 5.56 Å². The SMILES string of the molecule is CC(C)(C)c1c(F)cc(-c2ccccc2)cc1-c1ccccc1. The summed E-state index contributed by atoms with van der Waals surface area (Å²) in [5.74, 6) is -0.141. The Morgan fingerprint density at radius 3 is 1.70 bits per heavy atom. The number of hydrogen-bond acceptors (Lipinski definition) is 0. The first kappa shape index (κ1) is 15.5. The fourth-order valence-electron chi connectivity index (χ4n) is 3.01. The number of rotatable bonds is 2. The van der Waals surface area contributed by atoms with Crippen LogP contribution in [-0.4, -0.2) is 0 Å². The molecular weight excluding hydrogens is 283 g/mol. The lowest BCUT2D eigenvalue weighted by Gasteiger charge is -2.25. The summed E-state index contributed by atoms with van der Waals surface area (Å²) in [4.78, 5) is 0. The predicted molar refractivity (Wildman–Crippen MR) is 96.0 cm³/mol. The molecule has 0 aromatic heterocycles. The molecule has 1 heteroatoms. The monoisotopic (exact) mass is 304 g/mol. The van der Waals surface area contributed by atoms with Gasteiger partial charge in [0.1, 0.15) is 5.82 Å². The van der Waals surface area contributed by atoms with Crippen LogP contribution in [0.2, 0.25) is 0 Å². The van der Waals surface area contributed by atoms with Crippen molar-refractivity contribution in [3.05, 3.63) is 84.2 Å². The molecule has 0 spiro atoms. The highest BCUT2D eigenvalue weighted by atomic mass is 19.1. The van der Waals surface area contributed by atoms with Gasteiger partial charge in [0.05, 0.1) is 0 Å². The molecule has 0 aliphatic heterocycles. The van der Waals surface area contributed by atoms with Gasteiger partial charge in [-0.05, 0) is 39.8 Å². The minimum Gasteiger partial charge on any atom is -0.207 e. The second-order valence-corrected chi connectivity index (χ2v) is 6.86. The zero-order chi connectivity index (χ0) is 16.4. The molecular formula is C22H21F. The van der Waals surface area contributed by atoms with Gasteiger partial charge in [-0.1, -0.05) is 81.4 Å². The van der Waals surface area contributed by atoms with Crippen molar-refractivity contribution in [3.63, 3.8) is 0 Å². The highest BCUT2D eigenvalue weighted by molar-refractivity contribution is 5.76. The van der Waals surface area contributed by atoms with Gasteiger partial charge in [0.2, 0.25) is 0 Å². The van der Waals surface area contributed by atoms with E-state index in [1.807, 2.05) is 60.7 Å². The van der Waals surface area contributed by atoms with Gasteiger partial charge in [0.15, 0.2) is 0 Å². The van der Waals surface area contributed by atoms with E-state index in [0.717, 1.165) is 27.8 Å². The van der Waals surface area contributed by atoms with Crippen LogP contribution in [0.15, 0.2) is 72.8 Å². The van der Waals surface area contributed by atoms with E-state index >= 15 is 0 Å². The second kappa shape index (κ2) is 6.00. The summed E-state index contributed by atoms with van der Waals surface area (Å²) in [7, 11) is 0. The Morgan fingerprint density at radius 2 is 1.17 bits per heavy atom. The summed E-state index contributed by atoms with van der Waals surface area (Å²) in [6, 6.07) is 23.8. The van der Waals surface area contributed by atoms with Gasteiger partial charge in [0.25, 0.3) is 0 Å². The Hall–Kier alpha value is -2.41. The first-order chi connectivity index (χ1) is 11.0. The molecule has 0 fully saturated rings. The van der Waals surface area contributed by atoms with Gasteiger partial charge in [-0.15, -0.1) is 0 Å². The van der Waals surface area contributed by atoms with Gasteiger partial charge >= 0.3 is 0 Å². The molecule has 0 aliphatic rings. The molecule has 3 rings (SSSR count). The van der Waals surface area contributed by atoms with Crippen molar-refractivity contribution in [3.8, 4) is 22.3 Å². The van der Waals surface area contributed by atoms with Crippen LogP contribution in [0.1, 0.15) is 26.3 Å². The summed E-state index contributed by atoms with van der Waals surface area (Å²) in [5.41, 5.74) is 4.47. The van der Waals surface area contributed by atoms with E-state index in [1.54, 1.807) is 6.07 Å². The highest BCUT2D eigenvalue weighted by Crippen LogP contribution is 2.38. The van der Waals surface area contributed by atoms with E-state index in [-0.39, 0.29) is 11.2 Å². The first-order valence-electron chi connectivity index (χ1n) is 7.92. The lowest BCUT2D eigenvalue weighted by molar-refractivity contribution is 0.525. The lowest BCUT2D eigenvalue weighted by atomic mass is 9.80. The Labute approximate surface area is 137 Å². The Balaban J connectivity index is 2.28. The number of hydrogen-bond donors (Lipinski definition) is 0. The fourth-order valence-corrected chi connectivity index (χ4v) is 3.01. The van der Waals surface area contributed by atoms with Crippen molar-refractivity contribution in [2.45, 2.75) is 26.2 Å². The van der Waals surface area contributed by atoms with Crippen LogP contribution in [0.4, 0.5) is 4.39 Å². The largest absolute Gasteiger partial charge is 0.207 e. The van der Waals surface area contributed by atoms with E-state index in [9.17, 15) is 4.39 Å². The zero-order valence-electron chi connectivity index (χ0n) is 13.8. The standard InChI is InChI=1S/C22H21F/c1-22(2,3)21-19(17-12-8-5-9-13-17)14-18(15-20(21)23)16-10-6-4-7-11-16/h4-15H,1-3H3. The smallest absolute Gasteiger partial charge is 0.128 e. The lowest BCUT2D eigenvalue weighted by Crippen LogP contribution is -2.15. The molecule has 0 atom stereocenters. The van der Waals surface area contributed by atoms with Crippen molar-refractivity contribution in [1.29, 1.82) is 0 Å². The summed E-state index contributed by atoms with van der Waals surface area (Å²) in [5, 5.41) is 0. The highest BCUT2D eigenvalue weighted by Gasteiger charge is 2.24. The summed E-state index contributed by atoms with van der Waals surface area (Å²) in [6.07, 6.45) is 0. The van der Waals surface area contributed by atoms with Gasteiger partial charge in [-0.3, -0.25) is 0 Å². The number of benzene rings is 3. The van der Waals surface area contributed by atoms with E-state index in [1.165, 1.54) is 0 Å². The van der Waals surface area contributed by atoms with Gasteiger partial charge in [-0.2, -0.15) is 0 Å². The normalized spacial score (nSPS) is 11.5. The molecule has 0 heterocycles. The third-order valence-corrected chi connectivity index (χ3v) is 4.03. The Morgan fingerprint density at radius 1 is 0.652 bits per heavy atom. The molecule has 23 heavy (non-hydrogen) atoms. The molecule has 0 nitrogen and oxygen atoms in total. The molecule has 0 saturated carbocycles. The summed E-state index contributed by atoms with van der Waals surface area (Å²) in [6.45, 7) is 6.17. The molecule has 0 amide bonds. The third-order valence-electron chi connectivity index (χ3n) is 4.03. The maximum Gasteiger partial charge on any atom is 0.128 e. The minimum absolute atomic E-state index is 0.141. The fraction of sp³-hybridized carbons (Fsp3) is 0.182. The second-order valence-electron chi connectivity index (χ2n) is 6.86. The third kappa shape index (κ3) is 3.19. The molecule has 0 unspecified atom stereocenters. The minimum atomic E-state index is -0.259. The molecule has 0 bridgehead atoms. The van der Waals surface area contributed by atoms with Crippen molar-refractivity contribution < 1.29 is 4.39 Å². The molecule has 0 radical (unpaired) electrons. The van der Waals surface area contributed by atoms with E-state index in [4.69, 9.17) is 0 Å². The average Bonchev–Trinajstić information content (AvgIpc) is 2.54. The Kier molecular flexibility index (Phi) is 4.04. The van der Waals surface area contributed by atoms with E-state index < -0.39 is 0 Å². The molecule has 116 valence electrons. The van der Waals surface area contributed by atoms with Crippen molar-refractivity contribution in [2.24, 2.45) is 0 Å². The maximum absolute atomic E-state index is 15.0. The first-order valence-corrected chi connectivity index (χ1v) is 7.92. The molecule has 3 aromatic carbocycles. The van der Waals surface area contributed by atoms with Crippen LogP contribution in [0.25, 0.3) is 22.3 Å². The number of halogens is 1. The topological polar surface area (TPSA) is 0 Å². The molecule has 0 aliphatic carbocycles. The van der Waals surface area contributed by atoms with Crippen molar-refractivity contribution in [1.82, 2.24) is 0 Å². The summed E-state index contributed by atoms with van der Waals surface area (Å²) < 4.78 is 15.0. The zero-order valence-corrected chi connectivity index (χ0v) is 13.8. The molecule has 3 aromatic rings. The van der Waals surface area contributed by atoms with E-state index in [2.05, 4.69) is 26.8 Å². The molecule has 0 N–H and O–H groups in total. The predicted octanol–water partition coefficient (Wildman–Crippen LogP) is 6.46. The van der Waals surface area contributed by atoms with Crippen LogP contribution >= 0.6 is 0 Å². The molecule has 0 saturated heterocycles. The van der Waals surface area contributed by atoms with Crippen LogP contribution in [0.5, 0.6) is 0 Å². The van der Waals surface area contributed by atoms with Gasteiger partial charge < -0.3 is 0 Å². The summed E-state index contributed by atoms with van der Waals surface area (Å²) >= 11 is 0. The van der Waals surface area contributed by atoms with Crippen LogP contribution in [-0.2, 0) is 5.41 Å². The van der Waals surface area contributed by atoms with Crippen LogP contribution < -0.4 is 0 Å². The average molecular weight is 304 g/mol. The van der Waals surface area contributed by atoms with Crippen LogP contribution in [0.3, 0.4) is 0 Å². The quantitative estimate of drug-likeness (QED) is 0.510. The van der Waals surface area contributed by atoms with Crippen molar-refractivity contribution in [2.75, 3.05) is 0 Å². The maximum atomic E-state index is 15.0. The van der Waals surface area contributed by atoms with Gasteiger partial charge in [-0.25, -0.2) is 4.39 Å². The van der Waals surface area contributed by atoms with Crippen molar-refractivity contribution >= 4 is 0 Å². The Bertz CT molecular complexity index is 797. The van der Waals surface area contributed by atoms with E-state index in [0.29, 0.717) is 0 Å².